The fraction of sp³-hybridized carbons (Fsp3) is 0.182. The molecule has 2 rings (SSSR count). The number of rotatable bonds is 1. The first-order valence-electron chi connectivity index (χ1n) is 5.16. The lowest BCUT2D eigenvalue weighted by molar-refractivity contribution is -0.119. The summed E-state index contributed by atoms with van der Waals surface area (Å²) in [5.41, 5.74) is 6.44. The van der Waals surface area contributed by atoms with Crippen LogP contribution in [0.4, 0.5) is 0 Å². The summed E-state index contributed by atoms with van der Waals surface area (Å²) in [5, 5.41) is 0. The summed E-state index contributed by atoms with van der Waals surface area (Å²) in [5.74, 6) is 0.344. The van der Waals surface area contributed by atoms with Gasteiger partial charge in [-0.15, -0.1) is 11.8 Å². The van der Waals surface area contributed by atoms with E-state index < -0.39 is 10.4 Å². The third kappa shape index (κ3) is 6.39. The van der Waals surface area contributed by atoms with Crippen molar-refractivity contribution in [3.8, 4) is 0 Å². The van der Waals surface area contributed by atoms with Crippen molar-refractivity contribution in [2.75, 3.05) is 5.75 Å². The van der Waals surface area contributed by atoms with Crippen LogP contribution in [0.25, 0.3) is 6.08 Å². The van der Waals surface area contributed by atoms with Crippen molar-refractivity contribution in [2.24, 2.45) is 11.7 Å². The van der Waals surface area contributed by atoms with Crippen LogP contribution in [0.2, 0.25) is 0 Å². The quantitative estimate of drug-likeness (QED) is 0.672. The van der Waals surface area contributed by atoms with E-state index in [-0.39, 0.29) is 11.8 Å². The summed E-state index contributed by atoms with van der Waals surface area (Å²) in [6.07, 6.45) is 3.87. The van der Waals surface area contributed by atoms with Crippen molar-refractivity contribution in [3.05, 3.63) is 35.9 Å². The Bertz CT molecular complexity index is 575. The molecule has 1 heterocycles. The summed E-state index contributed by atoms with van der Waals surface area (Å²) < 4.78 is 31.6. The Morgan fingerprint density at radius 3 is 2.47 bits per heavy atom. The zero-order valence-corrected chi connectivity index (χ0v) is 11.4. The molecule has 4 N–H and O–H groups in total. The van der Waals surface area contributed by atoms with E-state index in [0.717, 1.165) is 5.75 Å². The molecule has 1 aromatic rings. The highest BCUT2D eigenvalue weighted by atomic mass is 32.3. The van der Waals surface area contributed by atoms with Crippen LogP contribution < -0.4 is 5.73 Å². The number of hydrogen-bond acceptors (Lipinski definition) is 4. The molecule has 0 fully saturated rings. The summed E-state index contributed by atoms with van der Waals surface area (Å²) in [6.45, 7) is 0. The highest BCUT2D eigenvalue weighted by molar-refractivity contribution is 7.99. The zero-order chi connectivity index (χ0) is 14.5. The Balaban J connectivity index is 0.000000312. The molecule has 6 nitrogen and oxygen atoms in total. The molecule has 1 aromatic carbocycles. The second-order valence-corrected chi connectivity index (χ2v) is 5.62. The predicted molar refractivity (Wildman–Crippen MR) is 73.1 cm³/mol. The summed E-state index contributed by atoms with van der Waals surface area (Å²) >= 11 is 1.68. The second-order valence-electron chi connectivity index (χ2n) is 3.66. The summed E-state index contributed by atoms with van der Waals surface area (Å²) in [7, 11) is -4.67. The lowest BCUT2D eigenvalue weighted by atomic mass is 10.1. The van der Waals surface area contributed by atoms with Gasteiger partial charge in [-0.1, -0.05) is 30.4 Å². The van der Waals surface area contributed by atoms with Crippen LogP contribution in [0.5, 0.6) is 0 Å². The van der Waals surface area contributed by atoms with E-state index in [1.54, 1.807) is 11.8 Å². The van der Waals surface area contributed by atoms with Gasteiger partial charge < -0.3 is 5.73 Å². The zero-order valence-electron chi connectivity index (χ0n) is 9.76. The average molecular weight is 303 g/mol. The molecule has 0 saturated carbocycles. The topological polar surface area (TPSA) is 118 Å². The van der Waals surface area contributed by atoms with Crippen LogP contribution in [-0.2, 0) is 15.2 Å². The first-order valence-corrected chi connectivity index (χ1v) is 7.55. The van der Waals surface area contributed by atoms with Crippen molar-refractivity contribution in [1.82, 2.24) is 0 Å². The number of thioether (sulfide) groups is 1. The van der Waals surface area contributed by atoms with Gasteiger partial charge in [-0.3, -0.25) is 13.9 Å². The number of benzene rings is 1. The number of hydrogen-bond donors (Lipinski definition) is 3. The van der Waals surface area contributed by atoms with Crippen molar-refractivity contribution in [3.63, 3.8) is 0 Å². The van der Waals surface area contributed by atoms with Gasteiger partial charge in [-0.25, -0.2) is 0 Å². The molecule has 8 heteroatoms. The number of primary amides is 1. The second kappa shape index (κ2) is 6.71. The molecule has 1 amide bonds. The Kier molecular flexibility index (Phi) is 5.55. The standard InChI is InChI=1S/C11H11NOS.H2O4S/c12-11(13)9-6-5-8-3-1-2-4-10(8)14-7-9;1-5(2,3)4/h1-6,9H,7H2,(H2,12,13);(H2,1,2,3,4). The van der Waals surface area contributed by atoms with E-state index in [0.29, 0.717) is 0 Å². The molecule has 0 radical (unpaired) electrons. The molecule has 0 aliphatic carbocycles. The Morgan fingerprint density at radius 2 is 1.89 bits per heavy atom. The largest absolute Gasteiger partial charge is 0.394 e. The predicted octanol–water partition coefficient (Wildman–Crippen LogP) is 1.25. The van der Waals surface area contributed by atoms with Crippen LogP contribution in [-0.4, -0.2) is 29.2 Å². The molecule has 1 unspecified atom stereocenters. The fourth-order valence-electron chi connectivity index (χ4n) is 1.38. The number of carbonyl (C=O) groups is 1. The smallest absolute Gasteiger partial charge is 0.369 e. The van der Waals surface area contributed by atoms with Crippen molar-refractivity contribution < 1.29 is 22.3 Å². The van der Waals surface area contributed by atoms with Crippen molar-refractivity contribution in [1.29, 1.82) is 0 Å². The highest BCUT2D eigenvalue weighted by Gasteiger charge is 2.15. The normalized spacial score (nSPS) is 17.7. The first kappa shape index (κ1) is 15.7. The Morgan fingerprint density at radius 1 is 1.32 bits per heavy atom. The number of fused-ring (bicyclic) bond motifs is 1. The molecule has 0 aromatic heterocycles. The lowest BCUT2D eigenvalue weighted by Gasteiger charge is -2.05. The van der Waals surface area contributed by atoms with E-state index in [1.807, 2.05) is 30.4 Å². The maximum Gasteiger partial charge on any atom is 0.394 e. The molecule has 19 heavy (non-hydrogen) atoms. The van der Waals surface area contributed by atoms with E-state index >= 15 is 0 Å². The van der Waals surface area contributed by atoms with Crippen LogP contribution >= 0.6 is 11.8 Å². The van der Waals surface area contributed by atoms with Gasteiger partial charge in [0.15, 0.2) is 0 Å². The van der Waals surface area contributed by atoms with Crippen molar-refractivity contribution in [2.45, 2.75) is 4.90 Å². The third-order valence-electron chi connectivity index (χ3n) is 2.21. The van der Waals surface area contributed by atoms with Gasteiger partial charge >= 0.3 is 10.4 Å². The third-order valence-corrected chi connectivity index (χ3v) is 3.42. The molecular weight excluding hydrogens is 290 g/mol. The van der Waals surface area contributed by atoms with E-state index in [9.17, 15) is 4.79 Å². The van der Waals surface area contributed by atoms with Gasteiger partial charge in [0.1, 0.15) is 0 Å². The maximum absolute atomic E-state index is 11.0. The number of nitrogens with two attached hydrogens (primary N) is 1. The molecular formula is C11H13NO5S2. The Hall–Kier alpha value is -1.35. The number of carbonyl (C=O) groups excluding carboxylic acids is 1. The number of amides is 1. The van der Waals surface area contributed by atoms with Crippen LogP contribution in [0.1, 0.15) is 5.56 Å². The first-order chi connectivity index (χ1) is 8.77. The van der Waals surface area contributed by atoms with Gasteiger partial charge in [0.05, 0.1) is 5.92 Å². The van der Waals surface area contributed by atoms with Gasteiger partial charge in [0.2, 0.25) is 5.91 Å². The van der Waals surface area contributed by atoms with Crippen LogP contribution in [0.15, 0.2) is 35.2 Å². The molecule has 0 saturated heterocycles. The SMILES string of the molecule is NC(=O)C1C=Cc2ccccc2SC1.O=S(=O)(O)O. The fourth-order valence-corrected chi connectivity index (χ4v) is 2.49. The monoisotopic (exact) mass is 303 g/mol. The van der Waals surface area contributed by atoms with Crippen molar-refractivity contribution >= 4 is 34.1 Å². The maximum atomic E-state index is 11.0. The summed E-state index contributed by atoms with van der Waals surface area (Å²) in [4.78, 5) is 12.2. The minimum absolute atomic E-state index is 0.146. The lowest BCUT2D eigenvalue weighted by Crippen LogP contribution is -2.22. The molecule has 0 spiro atoms. The molecule has 1 aliphatic heterocycles. The van der Waals surface area contributed by atoms with E-state index in [1.165, 1.54) is 10.5 Å². The highest BCUT2D eigenvalue weighted by Crippen LogP contribution is 2.29. The minimum atomic E-state index is -4.67. The van der Waals surface area contributed by atoms with Gasteiger partial charge in [0.25, 0.3) is 0 Å². The molecule has 104 valence electrons. The minimum Gasteiger partial charge on any atom is -0.369 e. The Labute approximate surface area is 115 Å². The summed E-state index contributed by atoms with van der Waals surface area (Å²) in [6, 6.07) is 8.11. The van der Waals surface area contributed by atoms with Gasteiger partial charge in [-0.05, 0) is 11.6 Å². The van der Waals surface area contributed by atoms with Crippen LogP contribution in [0, 0.1) is 5.92 Å². The van der Waals surface area contributed by atoms with Gasteiger partial charge in [-0.2, -0.15) is 8.42 Å². The molecule has 0 bridgehead atoms. The van der Waals surface area contributed by atoms with E-state index in [2.05, 4.69) is 6.07 Å². The molecule has 1 aliphatic rings. The average Bonchev–Trinajstić information content (AvgIpc) is 2.48. The van der Waals surface area contributed by atoms with Crippen LogP contribution in [0.3, 0.4) is 0 Å². The van der Waals surface area contributed by atoms with E-state index in [4.69, 9.17) is 23.3 Å². The molecule has 1 atom stereocenters. The van der Waals surface area contributed by atoms with Gasteiger partial charge in [0, 0.05) is 10.6 Å².